The minimum atomic E-state index is -1.67. The van der Waals surface area contributed by atoms with E-state index in [0.29, 0.717) is 5.56 Å². The molecule has 0 saturated heterocycles. The van der Waals surface area contributed by atoms with Gasteiger partial charge in [-0.05, 0) is 25.3 Å². The van der Waals surface area contributed by atoms with Crippen LogP contribution in [0.1, 0.15) is 35.7 Å². The van der Waals surface area contributed by atoms with E-state index in [-0.39, 0.29) is 19.4 Å². The van der Waals surface area contributed by atoms with Crippen molar-refractivity contribution < 1.29 is 24.2 Å². The number of allylic oxidation sites excluding steroid dienone is 2. The van der Waals surface area contributed by atoms with Crippen LogP contribution in [-0.4, -0.2) is 29.9 Å². The molecule has 1 unspecified atom stereocenters. The highest BCUT2D eigenvalue weighted by Crippen LogP contribution is 2.30. The number of carbonyl (C=O) groups excluding carboxylic acids is 2. The van der Waals surface area contributed by atoms with Crippen molar-refractivity contribution in [3.05, 3.63) is 54.1 Å². The summed E-state index contributed by atoms with van der Waals surface area (Å²) in [5.74, 6) is -2.01. The van der Waals surface area contributed by atoms with Gasteiger partial charge in [-0.2, -0.15) is 0 Å². The molecule has 1 rings (SSSR count). The Morgan fingerprint density at radius 1 is 1.22 bits per heavy atom. The normalized spacial score (nSPS) is 13.3. The number of carbonyl (C=O) groups is 3. The van der Waals surface area contributed by atoms with E-state index in [1.165, 1.54) is 6.08 Å². The second-order valence-electron chi connectivity index (χ2n) is 4.99. The first-order chi connectivity index (χ1) is 11.0. The molecule has 1 atom stereocenters. The summed E-state index contributed by atoms with van der Waals surface area (Å²) in [6.07, 6.45) is 5.43. The van der Waals surface area contributed by atoms with Gasteiger partial charge in [-0.3, -0.25) is 14.4 Å². The van der Waals surface area contributed by atoms with Crippen molar-refractivity contribution in [2.24, 2.45) is 5.41 Å². The van der Waals surface area contributed by atoms with E-state index in [9.17, 15) is 19.5 Å². The van der Waals surface area contributed by atoms with Crippen molar-refractivity contribution in [2.45, 2.75) is 19.8 Å². The Morgan fingerprint density at radius 3 is 2.30 bits per heavy atom. The van der Waals surface area contributed by atoms with Gasteiger partial charge >= 0.3 is 11.9 Å². The molecule has 0 fully saturated rings. The Balaban J connectivity index is 2.97. The number of hydrogen-bond acceptors (Lipinski definition) is 4. The molecule has 23 heavy (non-hydrogen) atoms. The van der Waals surface area contributed by atoms with Gasteiger partial charge in [-0.25, -0.2) is 0 Å². The first kappa shape index (κ1) is 18.4. The summed E-state index contributed by atoms with van der Waals surface area (Å²) in [6.45, 7) is 5.27. The number of rotatable bonds is 9. The van der Waals surface area contributed by atoms with Gasteiger partial charge in [0.15, 0.2) is 5.41 Å². The number of aliphatic carboxylic acids is 1. The molecule has 5 heteroatoms. The van der Waals surface area contributed by atoms with Crippen LogP contribution in [0.5, 0.6) is 0 Å². The Labute approximate surface area is 135 Å². The topological polar surface area (TPSA) is 80.7 Å². The van der Waals surface area contributed by atoms with Gasteiger partial charge < -0.3 is 9.84 Å². The Kier molecular flexibility index (Phi) is 6.93. The molecular weight excluding hydrogens is 296 g/mol. The zero-order valence-corrected chi connectivity index (χ0v) is 13.0. The molecule has 5 nitrogen and oxygen atoms in total. The molecule has 1 N–H and O–H groups in total. The smallest absolute Gasteiger partial charge is 0.324 e. The van der Waals surface area contributed by atoms with Gasteiger partial charge in [-0.1, -0.05) is 42.5 Å². The minimum absolute atomic E-state index is 0.0113. The van der Waals surface area contributed by atoms with E-state index < -0.39 is 17.4 Å². The lowest BCUT2D eigenvalue weighted by Crippen LogP contribution is -2.40. The highest BCUT2D eigenvalue weighted by Gasteiger charge is 2.45. The number of hydrogen-bond donors (Lipinski definition) is 1. The van der Waals surface area contributed by atoms with Gasteiger partial charge in [0.2, 0.25) is 0 Å². The second kappa shape index (κ2) is 8.68. The number of benzene rings is 1. The molecule has 0 aliphatic heterocycles. The summed E-state index contributed by atoms with van der Waals surface area (Å²) < 4.78 is 4.91. The van der Waals surface area contributed by atoms with Gasteiger partial charge in [0, 0.05) is 5.56 Å². The fraction of sp³-hybridized carbons (Fsp3) is 0.278. The van der Waals surface area contributed by atoms with E-state index in [1.54, 1.807) is 43.3 Å². The van der Waals surface area contributed by atoms with Crippen molar-refractivity contribution in [2.75, 3.05) is 6.61 Å². The highest BCUT2D eigenvalue weighted by molar-refractivity contribution is 5.99. The summed E-state index contributed by atoms with van der Waals surface area (Å²) in [6, 6.07) is 6.79. The van der Waals surface area contributed by atoms with E-state index in [1.807, 2.05) is 0 Å². The average Bonchev–Trinajstić information content (AvgIpc) is 2.54. The molecule has 0 saturated carbocycles. The van der Waals surface area contributed by atoms with Crippen LogP contribution in [0.2, 0.25) is 0 Å². The van der Waals surface area contributed by atoms with Crippen molar-refractivity contribution in [3.63, 3.8) is 0 Å². The molecule has 0 heterocycles. The van der Waals surface area contributed by atoms with Crippen molar-refractivity contribution in [1.29, 1.82) is 0 Å². The maximum Gasteiger partial charge on any atom is 0.324 e. The van der Waals surface area contributed by atoms with E-state index in [0.717, 1.165) is 11.8 Å². The maximum absolute atomic E-state index is 12.1. The molecule has 1 aromatic carbocycles. The first-order valence-electron chi connectivity index (χ1n) is 7.23. The van der Waals surface area contributed by atoms with Crippen molar-refractivity contribution >= 4 is 24.3 Å². The predicted molar refractivity (Wildman–Crippen MR) is 87.0 cm³/mol. The Morgan fingerprint density at radius 2 is 1.83 bits per heavy atom. The predicted octanol–water partition coefficient (Wildman–Crippen LogP) is 3.11. The monoisotopic (exact) mass is 316 g/mol. The molecule has 0 radical (unpaired) electrons. The molecule has 0 aromatic heterocycles. The molecular formula is C18H20O5. The van der Waals surface area contributed by atoms with Crippen LogP contribution in [0.15, 0.2) is 43.0 Å². The van der Waals surface area contributed by atoms with E-state index in [2.05, 4.69) is 6.58 Å². The SMILES string of the molecule is C=CCC(C/C=C/c1ccc(C=O)cc1)(C(=O)O)C(=O)OCC. The zero-order valence-electron chi connectivity index (χ0n) is 13.0. The molecule has 0 aliphatic rings. The van der Waals surface area contributed by atoms with E-state index >= 15 is 0 Å². The van der Waals surface area contributed by atoms with Gasteiger partial charge in [0.1, 0.15) is 6.29 Å². The Bertz CT molecular complexity index is 600. The zero-order chi connectivity index (χ0) is 17.3. The van der Waals surface area contributed by atoms with Crippen LogP contribution < -0.4 is 0 Å². The lowest BCUT2D eigenvalue weighted by Gasteiger charge is -2.24. The number of carboxylic acids is 1. The molecule has 0 amide bonds. The van der Waals surface area contributed by atoms with Crippen molar-refractivity contribution in [3.8, 4) is 0 Å². The average molecular weight is 316 g/mol. The van der Waals surface area contributed by atoms with Gasteiger partial charge in [0.25, 0.3) is 0 Å². The van der Waals surface area contributed by atoms with Crippen LogP contribution in [0, 0.1) is 5.41 Å². The van der Waals surface area contributed by atoms with Crippen LogP contribution in [-0.2, 0) is 14.3 Å². The fourth-order valence-electron chi connectivity index (χ4n) is 2.11. The van der Waals surface area contributed by atoms with E-state index in [4.69, 9.17) is 4.74 Å². The third-order valence-corrected chi connectivity index (χ3v) is 3.42. The summed E-state index contributed by atoms with van der Waals surface area (Å²) >= 11 is 0. The molecule has 0 aliphatic carbocycles. The molecule has 0 spiro atoms. The van der Waals surface area contributed by atoms with Gasteiger partial charge in [0.05, 0.1) is 6.61 Å². The van der Waals surface area contributed by atoms with Crippen LogP contribution in [0.4, 0.5) is 0 Å². The summed E-state index contributed by atoms with van der Waals surface area (Å²) in [5.41, 5.74) is -0.311. The summed E-state index contributed by atoms with van der Waals surface area (Å²) in [5, 5.41) is 9.50. The number of aldehydes is 1. The lowest BCUT2D eigenvalue weighted by molar-refractivity contribution is -0.168. The maximum atomic E-state index is 12.1. The molecule has 122 valence electrons. The third-order valence-electron chi connectivity index (χ3n) is 3.42. The second-order valence-corrected chi connectivity index (χ2v) is 4.99. The lowest BCUT2D eigenvalue weighted by atomic mass is 9.81. The van der Waals surface area contributed by atoms with Gasteiger partial charge in [-0.15, -0.1) is 6.58 Å². The van der Waals surface area contributed by atoms with Crippen LogP contribution in [0.25, 0.3) is 6.08 Å². The first-order valence-corrected chi connectivity index (χ1v) is 7.23. The fourth-order valence-corrected chi connectivity index (χ4v) is 2.11. The number of esters is 1. The van der Waals surface area contributed by atoms with Crippen molar-refractivity contribution in [1.82, 2.24) is 0 Å². The standard InChI is InChI=1S/C18H20O5/c1-3-11-18(16(20)21,17(22)23-4-2)12-5-6-14-7-9-15(13-19)10-8-14/h3,5-10,13H,1,4,11-12H2,2H3,(H,20,21)/b6-5+. The quantitative estimate of drug-likeness (QED) is 0.328. The van der Waals surface area contributed by atoms with Crippen LogP contribution >= 0.6 is 0 Å². The molecule has 1 aromatic rings. The number of carboxylic acid groups (broad SMARTS) is 1. The molecule has 0 bridgehead atoms. The minimum Gasteiger partial charge on any atom is -0.480 e. The van der Waals surface area contributed by atoms with Crippen LogP contribution in [0.3, 0.4) is 0 Å². The highest BCUT2D eigenvalue weighted by atomic mass is 16.5. The third kappa shape index (κ3) is 4.64. The summed E-state index contributed by atoms with van der Waals surface area (Å²) in [4.78, 5) is 34.3. The number of ether oxygens (including phenoxy) is 1. The summed E-state index contributed by atoms with van der Waals surface area (Å²) in [7, 11) is 0. The Hall–Kier alpha value is -2.69. The largest absolute Gasteiger partial charge is 0.480 e.